The van der Waals surface area contributed by atoms with Gasteiger partial charge in [0.15, 0.2) is 11.6 Å². The third-order valence-electron chi connectivity index (χ3n) is 5.98. The fraction of sp³-hybridized carbons (Fsp3) is 0.120. The number of fused-ring (bicyclic) bond motifs is 4. The van der Waals surface area contributed by atoms with Crippen LogP contribution in [-0.4, -0.2) is 16.5 Å². The Morgan fingerprint density at radius 3 is 2.38 bits per heavy atom. The molecule has 2 aliphatic carbocycles. The molecule has 0 radical (unpaired) electrons. The van der Waals surface area contributed by atoms with E-state index >= 15 is 0 Å². The SMILES string of the molecule is O=C1C(=CC2=CC=C(N3Cc4sc5ccccc5c4C3)C2)C(=O)c2ccccc21. The van der Waals surface area contributed by atoms with Gasteiger partial charge in [-0.25, -0.2) is 0 Å². The van der Waals surface area contributed by atoms with E-state index in [4.69, 9.17) is 0 Å². The topological polar surface area (TPSA) is 37.4 Å². The second-order valence-electron chi connectivity index (χ2n) is 7.69. The van der Waals surface area contributed by atoms with Gasteiger partial charge in [0.05, 0.1) is 12.1 Å². The largest absolute Gasteiger partial charge is 0.365 e. The fourth-order valence-electron chi connectivity index (χ4n) is 4.51. The maximum absolute atomic E-state index is 12.6. The Morgan fingerprint density at radius 1 is 0.862 bits per heavy atom. The van der Waals surface area contributed by atoms with Crippen molar-refractivity contribution in [1.82, 2.24) is 4.90 Å². The van der Waals surface area contributed by atoms with E-state index in [1.807, 2.05) is 17.4 Å². The van der Waals surface area contributed by atoms with E-state index in [2.05, 4.69) is 35.2 Å². The molecule has 4 heteroatoms. The highest BCUT2D eigenvalue weighted by Gasteiger charge is 2.33. The van der Waals surface area contributed by atoms with E-state index in [1.54, 1.807) is 30.3 Å². The fourth-order valence-corrected chi connectivity index (χ4v) is 5.74. The Hall–Kier alpha value is -3.24. The monoisotopic (exact) mass is 395 g/mol. The van der Waals surface area contributed by atoms with Gasteiger partial charge in [0.25, 0.3) is 0 Å². The zero-order valence-corrected chi connectivity index (χ0v) is 16.5. The molecule has 6 rings (SSSR count). The molecule has 3 aromatic rings. The van der Waals surface area contributed by atoms with Gasteiger partial charge in [-0.2, -0.15) is 0 Å². The third-order valence-corrected chi connectivity index (χ3v) is 7.18. The van der Waals surface area contributed by atoms with Gasteiger partial charge in [-0.15, -0.1) is 11.3 Å². The molecule has 0 unspecified atom stereocenters. The number of nitrogens with zero attached hydrogens (tertiary/aromatic N) is 1. The first-order valence-corrected chi connectivity index (χ1v) is 10.5. The predicted molar refractivity (Wildman–Crippen MR) is 115 cm³/mol. The van der Waals surface area contributed by atoms with Crippen LogP contribution in [0.1, 0.15) is 37.6 Å². The summed E-state index contributed by atoms with van der Waals surface area (Å²) in [5.74, 6) is -0.315. The standard InChI is InChI=1S/C25H17NO2S/c27-24-18-6-1-2-7-19(18)25(28)20(24)12-15-9-10-16(11-15)26-13-21-17-5-3-4-8-22(17)29-23(21)14-26/h1-10,12H,11,13-14H2. The maximum Gasteiger partial charge on any atom is 0.197 e. The van der Waals surface area contributed by atoms with Crippen LogP contribution in [0.2, 0.25) is 0 Å². The van der Waals surface area contributed by atoms with Crippen molar-refractivity contribution in [3.8, 4) is 0 Å². The smallest absolute Gasteiger partial charge is 0.197 e. The lowest BCUT2D eigenvalue weighted by Crippen LogP contribution is -2.15. The first-order chi connectivity index (χ1) is 14.2. The average molecular weight is 395 g/mol. The lowest BCUT2D eigenvalue weighted by molar-refractivity contribution is 0.0988. The normalized spacial score (nSPS) is 17.7. The molecule has 2 heterocycles. The van der Waals surface area contributed by atoms with Crippen molar-refractivity contribution in [1.29, 1.82) is 0 Å². The van der Waals surface area contributed by atoms with Crippen LogP contribution in [0.15, 0.2) is 83.6 Å². The first-order valence-electron chi connectivity index (χ1n) is 9.73. The van der Waals surface area contributed by atoms with E-state index in [0.717, 1.165) is 25.1 Å². The summed E-state index contributed by atoms with van der Waals surface area (Å²) < 4.78 is 1.36. The number of hydrogen-bond donors (Lipinski definition) is 0. The average Bonchev–Trinajstić information content (AvgIpc) is 3.48. The van der Waals surface area contributed by atoms with Crippen LogP contribution < -0.4 is 0 Å². The molecule has 0 fully saturated rings. The summed E-state index contributed by atoms with van der Waals surface area (Å²) in [4.78, 5) is 29.1. The Morgan fingerprint density at radius 2 is 1.59 bits per heavy atom. The molecule has 3 nitrogen and oxygen atoms in total. The first kappa shape index (κ1) is 16.7. The molecule has 0 saturated carbocycles. The maximum atomic E-state index is 12.6. The second kappa shape index (κ2) is 6.13. The van der Waals surface area contributed by atoms with Crippen LogP contribution in [0.5, 0.6) is 0 Å². The summed E-state index contributed by atoms with van der Waals surface area (Å²) in [6.45, 7) is 1.85. The van der Waals surface area contributed by atoms with Crippen molar-refractivity contribution in [2.75, 3.05) is 0 Å². The molecule has 3 aliphatic rings. The van der Waals surface area contributed by atoms with Crippen molar-refractivity contribution in [3.63, 3.8) is 0 Å². The summed E-state index contributed by atoms with van der Waals surface area (Å²) in [5, 5.41) is 1.36. The molecule has 0 saturated heterocycles. The summed E-state index contributed by atoms with van der Waals surface area (Å²) in [6.07, 6.45) is 6.71. The van der Waals surface area contributed by atoms with Crippen LogP contribution in [0.25, 0.3) is 10.1 Å². The zero-order valence-electron chi connectivity index (χ0n) is 15.6. The lowest BCUT2D eigenvalue weighted by Gasteiger charge is -2.20. The van der Waals surface area contributed by atoms with Gasteiger partial charge in [0.1, 0.15) is 0 Å². The minimum atomic E-state index is -0.158. The number of rotatable bonds is 2. The molecule has 0 N–H and O–H groups in total. The number of carbonyl (C=O) groups is 2. The molecule has 2 aromatic carbocycles. The van der Waals surface area contributed by atoms with Gasteiger partial charge < -0.3 is 4.90 Å². The predicted octanol–water partition coefficient (Wildman–Crippen LogP) is 5.44. The Kier molecular flexibility index (Phi) is 3.53. The molecule has 0 spiro atoms. The summed E-state index contributed by atoms with van der Waals surface area (Å²) in [5.41, 5.74) is 5.04. The van der Waals surface area contributed by atoms with Gasteiger partial charge in [-0.05, 0) is 34.7 Å². The minimum Gasteiger partial charge on any atom is -0.365 e. The Bertz CT molecular complexity index is 1280. The third kappa shape index (κ3) is 2.49. The van der Waals surface area contributed by atoms with Crippen LogP contribution in [0, 0.1) is 0 Å². The Labute approximate surface area is 172 Å². The molecule has 29 heavy (non-hydrogen) atoms. The molecule has 0 amide bonds. The van der Waals surface area contributed by atoms with Crippen molar-refractivity contribution in [2.24, 2.45) is 0 Å². The van der Waals surface area contributed by atoms with Crippen molar-refractivity contribution in [2.45, 2.75) is 19.5 Å². The zero-order chi connectivity index (χ0) is 19.5. The molecular weight excluding hydrogens is 378 g/mol. The number of allylic oxidation sites excluding steroid dienone is 5. The highest BCUT2D eigenvalue weighted by molar-refractivity contribution is 7.19. The number of thiophene rings is 1. The van der Waals surface area contributed by atoms with Crippen LogP contribution >= 0.6 is 11.3 Å². The number of benzene rings is 2. The molecule has 1 aromatic heterocycles. The molecule has 0 bridgehead atoms. The molecule has 0 atom stereocenters. The van der Waals surface area contributed by atoms with Gasteiger partial charge in [-0.1, -0.05) is 48.5 Å². The van der Waals surface area contributed by atoms with E-state index in [-0.39, 0.29) is 11.6 Å². The quantitative estimate of drug-likeness (QED) is 0.428. The van der Waals surface area contributed by atoms with Crippen LogP contribution in [0.4, 0.5) is 0 Å². The molecular formula is C25H17NO2S. The van der Waals surface area contributed by atoms with E-state index in [9.17, 15) is 9.59 Å². The molecule has 1 aliphatic heterocycles. The van der Waals surface area contributed by atoms with Crippen LogP contribution in [-0.2, 0) is 13.1 Å². The van der Waals surface area contributed by atoms with Crippen molar-refractivity contribution in [3.05, 3.63) is 105 Å². The highest BCUT2D eigenvalue weighted by Crippen LogP contribution is 2.40. The number of carbonyl (C=O) groups excluding carboxylic acids is 2. The van der Waals surface area contributed by atoms with Crippen molar-refractivity contribution >= 4 is 33.0 Å². The van der Waals surface area contributed by atoms with Gasteiger partial charge in [0, 0.05) is 39.4 Å². The number of ketones is 2. The number of Topliss-reactive ketones (excluding diaryl/α,β-unsaturated/α-hetero) is 2. The second-order valence-corrected chi connectivity index (χ2v) is 8.83. The summed E-state index contributed by atoms with van der Waals surface area (Å²) in [7, 11) is 0. The Balaban J connectivity index is 1.21. The summed E-state index contributed by atoms with van der Waals surface area (Å²) in [6, 6.07) is 15.7. The molecule has 140 valence electrons. The summed E-state index contributed by atoms with van der Waals surface area (Å²) >= 11 is 1.88. The lowest BCUT2D eigenvalue weighted by atomic mass is 10.1. The van der Waals surface area contributed by atoms with Gasteiger partial charge >= 0.3 is 0 Å². The minimum absolute atomic E-state index is 0.158. The van der Waals surface area contributed by atoms with E-state index in [0.29, 0.717) is 16.7 Å². The van der Waals surface area contributed by atoms with Gasteiger partial charge in [0.2, 0.25) is 0 Å². The van der Waals surface area contributed by atoms with E-state index in [1.165, 1.54) is 26.2 Å². The van der Waals surface area contributed by atoms with E-state index < -0.39 is 0 Å². The van der Waals surface area contributed by atoms with Gasteiger partial charge in [-0.3, -0.25) is 9.59 Å². The van der Waals surface area contributed by atoms with Crippen LogP contribution in [0.3, 0.4) is 0 Å². The number of hydrogen-bond acceptors (Lipinski definition) is 4. The van der Waals surface area contributed by atoms with Crippen molar-refractivity contribution < 1.29 is 9.59 Å². The highest BCUT2D eigenvalue weighted by atomic mass is 32.1.